The topological polar surface area (TPSA) is 41.6 Å². The van der Waals surface area contributed by atoms with E-state index in [1.807, 2.05) is 6.92 Å². The van der Waals surface area contributed by atoms with Gasteiger partial charge in [0.1, 0.15) is 5.54 Å². The number of carbonyl (C=O) groups excluding carboxylic acids is 1. The highest BCUT2D eigenvalue weighted by Gasteiger charge is 2.35. The molecule has 1 saturated carbocycles. The van der Waals surface area contributed by atoms with Crippen LogP contribution in [0.5, 0.6) is 0 Å². The molecule has 124 valence electrons. The van der Waals surface area contributed by atoms with Crippen LogP contribution >= 0.6 is 0 Å². The Labute approximate surface area is 130 Å². The minimum atomic E-state index is -0.600. The van der Waals surface area contributed by atoms with Gasteiger partial charge in [0.2, 0.25) is 0 Å². The predicted octanol–water partition coefficient (Wildman–Crippen LogP) is 2.82. The second kappa shape index (κ2) is 8.14. The summed E-state index contributed by atoms with van der Waals surface area (Å²) < 4.78 is 4.99. The van der Waals surface area contributed by atoms with Crippen LogP contribution in [0.1, 0.15) is 59.8 Å². The van der Waals surface area contributed by atoms with Crippen molar-refractivity contribution in [2.24, 2.45) is 5.92 Å². The molecule has 0 aliphatic heterocycles. The summed E-state index contributed by atoms with van der Waals surface area (Å²) in [5, 5.41) is 3.37. The first-order valence-corrected chi connectivity index (χ1v) is 8.35. The zero-order valence-electron chi connectivity index (χ0n) is 14.7. The molecule has 0 spiro atoms. The van der Waals surface area contributed by atoms with Gasteiger partial charge in [-0.25, -0.2) is 0 Å². The van der Waals surface area contributed by atoms with E-state index in [2.05, 4.69) is 38.0 Å². The van der Waals surface area contributed by atoms with Crippen molar-refractivity contribution < 1.29 is 9.53 Å². The number of nitrogens with one attached hydrogen (secondary N) is 1. The molecule has 4 nitrogen and oxygen atoms in total. The van der Waals surface area contributed by atoms with Crippen LogP contribution in [-0.2, 0) is 9.53 Å². The van der Waals surface area contributed by atoms with E-state index in [0.29, 0.717) is 6.04 Å². The molecule has 3 atom stereocenters. The number of nitrogens with zero attached hydrogens (tertiary/aromatic N) is 1. The van der Waals surface area contributed by atoms with Crippen LogP contribution in [0.25, 0.3) is 0 Å². The van der Waals surface area contributed by atoms with Gasteiger partial charge in [0, 0.05) is 18.6 Å². The quantitative estimate of drug-likeness (QED) is 0.734. The maximum absolute atomic E-state index is 12.1. The van der Waals surface area contributed by atoms with Crippen LogP contribution < -0.4 is 5.32 Å². The van der Waals surface area contributed by atoms with Crippen molar-refractivity contribution in [1.82, 2.24) is 10.2 Å². The SMILES string of the molecule is COC(=O)C(C)(CCN(C)C1CCCC(C)C1)NC(C)C. The Kier molecular flexibility index (Phi) is 7.14. The molecule has 21 heavy (non-hydrogen) atoms. The average molecular weight is 298 g/mol. The van der Waals surface area contributed by atoms with Gasteiger partial charge in [0.05, 0.1) is 7.11 Å². The Hall–Kier alpha value is -0.610. The van der Waals surface area contributed by atoms with E-state index in [1.165, 1.54) is 32.8 Å². The van der Waals surface area contributed by atoms with Crippen LogP contribution in [-0.4, -0.2) is 49.2 Å². The van der Waals surface area contributed by atoms with Gasteiger partial charge in [-0.15, -0.1) is 0 Å². The third-order valence-electron chi connectivity index (χ3n) is 4.74. The fourth-order valence-electron chi connectivity index (χ4n) is 3.48. The van der Waals surface area contributed by atoms with Crippen LogP contribution in [0.4, 0.5) is 0 Å². The molecule has 0 heterocycles. The maximum atomic E-state index is 12.1. The highest BCUT2D eigenvalue weighted by molar-refractivity contribution is 5.80. The van der Waals surface area contributed by atoms with Gasteiger partial charge in [-0.3, -0.25) is 10.1 Å². The fraction of sp³-hybridized carbons (Fsp3) is 0.941. The van der Waals surface area contributed by atoms with E-state index in [4.69, 9.17) is 4.74 Å². The number of hydrogen-bond donors (Lipinski definition) is 1. The summed E-state index contributed by atoms with van der Waals surface area (Å²) in [6.07, 6.45) is 6.03. The largest absolute Gasteiger partial charge is 0.468 e. The summed E-state index contributed by atoms with van der Waals surface area (Å²) in [6, 6.07) is 0.920. The van der Waals surface area contributed by atoms with Crippen molar-refractivity contribution in [3.8, 4) is 0 Å². The zero-order valence-corrected chi connectivity index (χ0v) is 14.7. The first-order valence-electron chi connectivity index (χ1n) is 8.35. The summed E-state index contributed by atoms with van der Waals surface area (Å²) in [5.41, 5.74) is -0.600. The van der Waals surface area contributed by atoms with Crippen LogP contribution in [0.2, 0.25) is 0 Å². The third-order valence-corrected chi connectivity index (χ3v) is 4.74. The van der Waals surface area contributed by atoms with E-state index >= 15 is 0 Å². The molecule has 0 aromatic rings. The lowest BCUT2D eigenvalue weighted by molar-refractivity contribution is -0.148. The Morgan fingerprint density at radius 3 is 2.62 bits per heavy atom. The van der Waals surface area contributed by atoms with Crippen LogP contribution in [0.3, 0.4) is 0 Å². The minimum Gasteiger partial charge on any atom is -0.468 e. The second-order valence-corrected chi connectivity index (χ2v) is 7.28. The lowest BCUT2D eigenvalue weighted by atomic mass is 9.86. The Morgan fingerprint density at radius 1 is 1.43 bits per heavy atom. The lowest BCUT2D eigenvalue weighted by Gasteiger charge is -2.37. The molecule has 4 heteroatoms. The fourth-order valence-corrected chi connectivity index (χ4v) is 3.48. The van der Waals surface area contributed by atoms with Gasteiger partial charge < -0.3 is 9.64 Å². The molecule has 0 amide bonds. The first kappa shape index (κ1) is 18.4. The van der Waals surface area contributed by atoms with Crippen molar-refractivity contribution in [3.63, 3.8) is 0 Å². The zero-order chi connectivity index (χ0) is 16.0. The maximum Gasteiger partial charge on any atom is 0.325 e. The summed E-state index contributed by atoms with van der Waals surface area (Å²) in [7, 11) is 3.66. The molecule has 1 N–H and O–H groups in total. The van der Waals surface area contributed by atoms with Gasteiger partial charge in [-0.1, -0.05) is 19.8 Å². The van der Waals surface area contributed by atoms with Crippen molar-refractivity contribution in [1.29, 1.82) is 0 Å². The first-order chi connectivity index (χ1) is 9.78. The van der Waals surface area contributed by atoms with Gasteiger partial charge in [-0.2, -0.15) is 0 Å². The number of methoxy groups -OCH3 is 1. The molecule has 1 fully saturated rings. The predicted molar refractivity (Wildman–Crippen MR) is 87.4 cm³/mol. The van der Waals surface area contributed by atoms with Gasteiger partial charge >= 0.3 is 5.97 Å². The normalized spacial score (nSPS) is 25.9. The summed E-state index contributed by atoms with van der Waals surface area (Å²) in [4.78, 5) is 14.5. The average Bonchev–Trinajstić information content (AvgIpc) is 2.43. The van der Waals surface area contributed by atoms with Crippen LogP contribution in [0, 0.1) is 5.92 Å². The minimum absolute atomic E-state index is 0.165. The van der Waals surface area contributed by atoms with Gasteiger partial charge in [0.25, 0.3) is 0 Å². The van der Waals surface area contributed by atoms with Crippen molar-refractivity contribution in [2.75, 3.05) is 20.7 Å². The molecule has 0 aromatic heterocycles. The van der Waals surface area contributed by atoms with Gasteiger partial charge in [0.15, 0.2) is 0 Å². The highest BCUT2D eigenvalue weighted by Crippen LogP contribution is 2.27. The van der Waals surface area contributed by atoms with Crippen molar-refractivity contribution in [2.45, 2.75) is 77.4 Å². The molecule has 0 aromatic carbocycles. The van der Waals surface area contributed by atoms with E-state index in [-0.39, 0.29) is 12.0 Å². The highest BCUT2D eigenvalue weighted by atomic mass is 16.5. The van der Waals surface area contributed by atoms with Crippen molar-refractivity contribution >= 4 is 5.97 Å². The Morgan fingerprint density at radius 2 is 2.10 bits per heavy atom. The monoisotopic (exact) mass is 298 g/mol. The number of hydrogen-bond acceptors (Lipinski definition) is 4. The summed E-state index contributed by atoms with van der Waals surface area (Å²) in [5.74, 6) is 0.661. The van der Waals surface area contributed by atoms with E-state index in [1.54, 1.807) is 0 Å². The van der Waals surface area contributed by atoms with Crippen molar-refractivity contribution in [3.05, 3.63) is 0 Å². The Balaban J connectivity index is 2.57. The lowest BCUT2D eigenvalue weighted by Crippen LogP contribution is -2.54. The Bertz CT molecular complexity index is 333. The molecular weight excluding hydrogens is 264 g/mol. The van der Waals surface area contributed by atoms with Crippen LogP contribution in [0.15, 0.2) is 0 Å². The van der Waals surface area contributed by atoms with Gasteiger partial charge in [-0.05, 0) is 53.0 Å². The van der Waals surface area contributed by atoms with E-state index in [9.17, 15) is 4.79 Å². The molecule has 0 radical (unpaired) electrons. The number of carbonyl (C=O) groups is 1. The molecule has 1 aliphatic rings. The third kappa shape index (κ3) is 5.59. The number of ether oxygens (including phenoxy) is 1. The molecule has 0 saturated heterocycles. The number of esters is 1. The smallest absolute Gasteiger partial charge is 0.325 e. The molecule has 3 unspecified atom stereocenters. The molecule has 0 bridgehead atoms. The second-order valence-electron chi connectivity index (χ2n) is 7.28. The van der Waals surface area contributed by atoms with E-state index in [0.717, 1.165) is 18.9 Å². The molecular formula is C17H34N2O2. The van der Waals surface area contributed by atoms with E-state index < -0.39 is 5.54 Å². The molecule has 1 rings (SSSR count). The number of rotatable bonds is 7. The summed E-state index contributed by atoms with van der Waals surface area (Å²) in [6.45, 7) is 9.35. The molecule has 1 aliphatic carbocycles. The summed E-state index contributed by atoms with van der Waals surface area (Å²) >= 11 is 0. The standard InChI is InChI=1S/C17H34N2O2/c1-13(2)18-17(4,16(20)21-6)10-11-19(5)15-9-7-8-14(3)12-15/h13-15,18H,7-12H2,1-6H3.